The third-order valence-corrected chi connectivity index (χ3v) is 2.39. The fraction of sp³-hybridized carbons (Fsp3) is 0.333. The van der Waals surface area contributed by atoms with E-state index in [0.717, 1.165) is 0 Å². The molecule has 0 aliphatic heterocycles. The van der Waals surface area contributed by atoms with Gasteiger partial charge in [-0.1, -0.05) is 25.4 Å². The Hall–Kier alpha value is -1.59. The molecule has 1 rings (SSSR count). The molecule has 98 valence electrons. The van der Waals surface area contributed by atoms with Crippen LogP contribution >= 0.6 is 11.6 Å². The topological polar surface area (TPSA) is 78.4 Å². The van der Waals surface area contributed by atoms with Gasteiger partial charge in [0.05, 0.1) is 17.8 Å². The highest BCUT2D eigenvalue weighted by molar-refractivity contribution is 6.31. The van der Waals surface area contributed by atoms with Crippen molar-refractivity contribution < 1.29 is 14.7 Å². The van der Waals surface area contributed by atoms with Gasteiger partial charge in [-0.3, -0.25) is 4.79 Å². The number of carboxylic acids is 1. The second kappa shape index (κ2) is 6.37. The first kappa shape index (κ1) is 14.5. The lowest BCUT2D eigenvalue weighted by molar-refractivity contribution is -0.115. The molecule has 0 aromatic heterocycles. The Kier molecular flexibility index (Phi) is 5.12. The fourth-order valence-electron chi connectivity index (χ4n) is 1.29. The van der Waals surface area contributed by atoms with E-state index in [2.05, 4.69) is 10.6 Å². The maximum absolute atomic E-state index is 11.6. The fourth-order valence-corrected chi connectivity index (χ4v) is 1.47. The summed E-state index contributed by atoms with van der Waals surface area (Å²) in [7, 11) is 0. The molecular formula is C12H15ClN2O3. The lowest BCUT2D eigenvalue weighted by Crippen LogP contribution is -2.32. The maximum Gasteiger partial charge on any atom is 0.337 e. The van der Waals surface area contributed by atoms with Gasteiger partial charge >= 0.3 is 5.97 Å². The Morgan fingerprint density at radius 2 is 2.06 bits per heavy atom. The molecule has 0 atom stereocenters. The van der Waals surface area contributed by atoms with Crippen LogP contribution in [0.1, 0.15) is 24.2 Å². The predicted octanol–water partition coefficient (Wildman–Crippen LogP) is 1.97. The van der Waals surface area contributed by atoms with Crippen LogP contribution < -0.4 is 10.6 Å². The predicted molar refractivity (Wildman–Crippen MR) is 70.2 cm³/mol. The third-order valence-electron chi connectivity index (χ3n) is 2.16. The summed E-state index contributed by atoms with van der Waals surface area (Å²) in [5, 5.41) is 14.8. The Balaban J connectivity index is 2.78. The van der Waals surface area contributed by atoms with Crippen LogP contribution in [0.25, 0.3) is 0 Å². The summed E-state index contributed by atoms with van der Waals surface area (Å²) in [4.78, 5) is 22.6. The standard InChI is InChI=1S/C12H15ClN2O3/c1-7(2)14-6-11(16)15-10-4-3-8(13)5-9(10)12(17)18/h3-5,7,14H,6H2,1-2H3,(H,15,16)(H,17,18). The summed E-state index contributed by atoms with van der Waals surface area (Å²) >= 11 is 5.71. The van der Waals surface area contributed by atoms with Crippen LogP contribution in [0.2, 0.25) is 5.02 Å². The number of anilines is 1. The van der Waals surface area contributed by atoms with E-state index in [9.17, 15) is 9.59 Å². The van der Waals surface area contributed by atoms with Gasteiger partial charge in [-0.05, 0) is 18.2 Å². The van der Waals surface area contributed by atoms with Crippen molar-refractivity contribution in [2.24, 2.45) is 0 Å². The van der Waals surface area contributed by atoms with Crippen LogP contribution in [0.15, 0.2) is 18.2 Å². The molecule has 1 aromatic carbocycles. The van der Waals surface area contributed by atoms with Crippen LogP contribution in [0, 0.1) is 0 Å². The zero-order chi connectivity index (χ0) is 13.7. The van der Waals surface area contributed by atoms with E-state index in [1.165, 1.54) is 18.2 Å². The van der Waals surface area contributed by atoms with Gasteiger partial charge in [0.1, 0.15) is 0 Å². The van der Waals surface area contributed by atoms with E-state index in [1.807, 2.05) is 13.8 Å². The molecule has 0 saturated heterocycles. The quantitative estimate of drug-likeness (QED) is 0.764. The molecule has 6 heteroatoms. The molecule has 0 saturated carbocycles. The van der Waals surface area contributed by atoms with Crippen LogP contribution in [-0.4, -0.2) is 29.6 Å². The lowest BCUT2D eigenvalue weighted by Gasteiger charge is -2.11. The number of hydrogen-bond donors (Lipinski definition) is 3. The van der Waals surface area contributed by atoms with Crippen LogP contribution in [-0.2, 0) is 4.79 Å². The number of carbonyl (C=O) groups excluding carboxylic acids is 1. The van der Waals surface area contributed by atoms with Crippen LogP contribution in [0.3, 0.4) is 0 Å². The molecule has 0 radical (unpaired) electrons. The van der Waals surface area contributed by atoms with Crippen molar-refractivity contribution >= 4 is 29.2 Å². The van der Waals surface area contributed by atoms with Crippen molar-refractivity contribution in [3.8, 4) is 0 Å². The first-order valence-corrected chi connectivity index (χ1v) is 5.84. The van der Waals surface area contributed by atoms with Gasteiger partial charge < -0.3 is 15.7 Å². The zero-order valence-corrected chi connectivity index (χ0v) is 10.9. The summed E-state index contributed by atoms with van der Waals surface area (Å²) < 4.78 is 0. The molecule has 0 aliphatic rings. The molecule has 1 amide bonds. The van der Waals surface area contributed by atoms with Crippen molar-refractivity contribution in [3.63, 3.8) is 0 Å². The largest absolute Gasteiger partial charge is 0.478 e. The molecule has 0 unspecified atom stereocenters. The van der Waals surface area contributed by atoms with Gasteiger partial charge in [0.15, 0.2) is 0 Å². The minimum atomic E-state index is -1.13. The summed E-state index contributed by atoms with van der Waals surface area (Å²) in [6.45, 7) is 3.95. The van der Waals surface area contributed by atoms with Crippen molar-refractivity contribution in [2.45, 2.75) is 19.9 Å². The number of halogens is 1. The number of hydrogen-bond acceptors (Lipinski definition) is 3. The number of aromatic carboxylic acids is 1. The van der Waals surface area contributed by atoms with Gasteiger partial charge in [0, 0.05) is 11.1 Å². The first-order chi connectivity index (χ1) is 8.40. The average Bonchev–Trinajstić information content (AvgIpc) is 2.28. The molecule has 0 fully saturated rings. The molecule has 0 aliphatic carbocycles. The van der Waals surface area contributed by atoms with E-state index < -0.39 is 5.97 Å². The summed E-state index contributed by atoms with van der Waals surface area (Å²) in [5.41, 5.74) is 0.211. The number of carbonyl (C=O) groups is 2. The third kappa shape index (κ3) is 4.35. The van der Waals surface area contributed by atoms with Crippen molar-refractivity contribution in [2.75, 3.05) is 11.9 Å². The summed E-state index contributed by atoms with van der Waals surface area (Å²) in [6.07, 6.45) is 0. The molecule has 1 aromatic rings. The molecule has 0 heterocycles. The van der Waals surface area contributed by atoms with E-state index in [-0.39, 0.29) is 29.7 Å². The van der Waals surface area contributed by atoms with Gasteiger partial charge in [0.2, 0.25) is 5.91 Å². The molecule has 0 bridgehead atoms. The minimum Gasteiger partial charge on any atom is -0.478 e. The SMILES string of the molecule is CC(C)NCC(=O)Nc1ccc(Cl)cc1C(=O)O. The number of benzene rings is 1. The average molecular weight is 271 g/mol. The molecular weight excluding hydrogens is 256 g/mol. The lowest BCUT2D eigenvalue weighted by atomic mass is 10.2. The Labute approximate surface area is 110 Å². The number of nitrogens with one attached hydrogen (secondary N) is 2. The highest BCUT2D eigenvalue weighted by Crippen LogP contribution is 2.20. The summed E-state index contributed by atoms with van der Waals surface area (Å²) in [5.74, 6) is -1.43. The van der Waals surface area contributed by atoms with Crippen molar-refractivity contribution in [1.82, 2.24) is 5.32 Å². The second-order valence-electron chi connectivity index (χ2n) is 4.08. The highest BCUT2D eigenvalue weighted by Gasteiger charge is 2.13. The monoisotopic (exact) mass is 270 g/mol. The highest BCUT2D eigenvalue weighted by atomic mass is 35.5. The van der Waals surface area contributed by atoms with Gasteiger partial charge in [0.25, 0.3) is 0 Å². The number of amides is 1. The molecule has 18 heavy (non-hydrogen) atoms. The van der Waals surface area contributed by atoms with E-state index in [4.69, 9.17) is 16.7 Å². The second-order valence-corrected chi connectivity index (χ2v) is 4.52. The van der Waals surface area contributed by atoms with Crippen molar-refractivity contribution in [1.29, 1.82) is 0 Å². The Bertz CT molecular complexity index is 461. The van der Waals surface area contributed by atoms with E-state index in [0.29, 0.717) is 5.02 Å². The Morgan fingerprint density at radius 1 is 1.39 bits per heavy atom. The zero-order valence-electron chi connectivity index (χ0n) is 10.2. The number of rotatable bonds is 5. The van der Waals surface area contributed by atoms with Gasteiger partial charge in [-0.2, -0.15) is 0 Å². The molecule has 3 N–H and O–H groups in total. The smallest absolute Gasteiger partial charge is 0.337 e. The van der Waals surface area contributed by atoms with Crippen LogP contribution in [0.4, 0.5) is 5.69 Å². The summed E-state index contributed by atoms with van der Waals surface area (Å²) in [6, 6.07) is 4.48. The number of carboxylic acid groups (broad SMARTS) is 1. The van der Waals surface area contributed by atoms with Gasteiger partial charge in [-0.25, -0.2) is 4.79 Å². The van der Waals surface area contributed by atoms with Gasteiger partial charge in [-0.15, -0.1) is 0 Å². The first-order valence-electron chi connectivity index (χ1n) is 5.46. The molecule has 5 nitrogen and oxygen atoms in total. The maximum atomic E-state index is 11.6. The van der Waals surface area contributed by atoms with E-state index >= 15 is 0 Å². The minimum absolute atomic E-state index is 0.0274. The normalized spacial score (nSPS) is 10.4. The van der Waals surface area contributed by atoms with Crippen molar-refractivity contribution in [3.05, 3.63) is 28.8 Å². The van der Waals surface area contributed by atoms with Crippen LogP contribution in [0.5, 0.6) is 0 Å². The van der Waals surface area contributed by atoms with E-state index in [1.54, 1.807) is 0 Å². The molecule has 0 spiro atoms. The Morgan fingerprint density at radius 3 is 2.61 bits per heavy atom.